The molecule has 2 amide bonds. The van der Waals surface area contributed by atoms with Crippen molar-refractivity contribution in [3.63, 3.8) is 0 Å². The smallest absolute Gasteiger partial charge is 0.269 e. The second-order valence-electron chi connectivity index (χ2n) is 7.46. The van der Waals surface area contributed by atoms with Gasteiger partial charge in [-0.3, -0.25) is 19.7 Å². The first-order valence-electron chi connectivity index (χ1n) is 9.72. The summed E-state index contributed by atoms with van der Waals surface area (Å²) in [5, 5.41) is 11.0. The Morgan fingerprint density at radius 1 is 1.00 bits per heavy atom. The zero-order chi connectivity index (χ0) is 24.4. The maximum absolute atomic E-state index is 13.8. The number of nitrogens with zero attached hydrogens (tertiary/aromatic N) is 1. The summed E-state index contributed by atoms with van der Waals surface area (Å²) in [4.78, 5) is 35.4. The summed E-state index contributed by atoms with van der Waals surface area (Å²) in [5.41, 5.74) is 11.2. The quantitative estimate of drug-likeness (QED) is 0.212. The highest BCUT2D eigenvalue weighted by atomic mass is 32.2. The van der Waals surface area contributed by atoms with Crippen molar-refractivity contribution in [2.24, 2.45) is 11.5 Å². The number of nitro benzene ring substituents is 1. The van der Waals surface area contributed by atoms with Crippen LogP contribution in [0.1, 0.15) is 16.4 Å². The van der Waals surface area contributed by atoms with Crippen molar-refractivity contribution in [3.8, 4) is 0 Å². The molecule has 1 unspecified atom stereocenters. The molecule has 1 atom stereocenters. The van der Waals surface area contributed by atoms with E-state index in [4.69, 9.17) is 11.5 Å². The zero-order valence-electron chi connectivity index (χ0n) is 17.4. The monoisotopic (exact) mass is 467 g/mol. The van der Waals surface area contributed by atoms with Gasteiger partial charge in [-0.05, 0) is 28.0 Å². The largest absolute Gasteiger partial charge is 0.368 e. The molecule has 0 aromatic heterocycles. The fourth-order valence-corrected chi connectivity index (χ4v) is 5.86. The number of fused-ring (bicyclic) bond motifs is 1. The Hall–Kier alpha value is -4.05. The molecule has 0 spiro atoms. The van der Waals surface area contributed by atoms with Gasteiger partial charge in [0.2, 0.25) is 16.6 Å². The van der Waals surface area contributed by atoms with E-state index in [-0.39, 0.29) is 16.8 Å². The molecule has 0 aliphatic rings. The Balaban J connectivity index is 2.16. The van der Waals surface area contributed by atoms with Gasteiger partial charge < -0.3 is 11.5 Å². The number of amides is 2. The van der Waals surface area contributed by atoms with Gasteiger partial charge in [0.25, 0.3) is 5.69 Å². The minimum absolute atomic E-state index is 0.156. The molecule has 0 aliphatic heterocycles. The highest BCUT2D eigenvalue weighted by Crippen LogP contribution is 2.37. The molecule has 3 aromatic carbocycles. The van der Waals surface area contributed by atoms with Gasteiger partial charge in [0.15, 0.2) is 9.84 Å². The summed E-state index contributed by atoms with van der Waals surface area (Å²) in [6, 6.07) is 16.9. The molecule has 0 fully saturated rings. The SMILES string of the molecule is C=CC(c1ccc2ccccc2c1)S(=O)(=O)C(Cc1ccc([N+](=O)[O-])cc1)(C(N)=O)C(N)=O. The number of nitro groups is 1. The zero-order valence-corrected chi connectivity index (χ0v) is 18.2. The number of hydrogen-bond donors (Lipinski definition) is 2. The highest BCUT2D eigenvalue weighted by Gasteiger charge is 2.57. The van der Waals surface area contributed by atoms with E-state index in [2.05, 4.69) is 6.58 Å². The van der Waals surface area contributed by atoms with Crippen LogP contribution in [0.2, 0.25) is 0 Å². The van der Waals surface area contributed by atoms with E-state index in [1.165, 1.54) is 12.1 Å². The van der Waals surface area contributed by atoms with Crippen LogP contribution in [0.15, 0.2) is 79.4 Å². The maximum Gasteiger partial charge on any atom is 0.269 e. The molecule has 0 bridgehead atoms. The summed E-state index contributed by atoms with van der Waals surface area (Å²) in [6.45, 7) is 3.60. The van der Waals surface area contributed by atoms with Crippen LogP contribution in [0.4, 0.5) is 5.69 Å². The van der Waals surface area contributed by atoms with Gasteiger partial charge in [-0.25, -0.2) is 8.42 Å². The second kappa shape index (κ2) is 8.83. The van der Waals surface area contributed by atoms with Crippen molar-refractivity contribution in [3.05, 3.63) is 101 Å². The molecule has 33 heavy (non-hydrogen) atoms. The van der Waals surface area contributed by atoms with E-state index in [1.54, 1.807) is 30.3 Å². The number of carbonyl (C=O) groups is 2. The fourth-order valence-electron chi connectivity index (χ4n) is 3.74. The highest BCUT2D eigenvalue weighted by molar-refractivity contribution is 7.94. The van der Waals surface area contributed by atoms with Crippen molar-refractivity contribution in [2.45, 2.75) is 16.4 Å². The summed E-state index contributed by atoms with van der Waals surface area (Å²) in [7, 11) is -4.72. The van der Waals surface area contributed by atoms with Crippen LogP contribution in [0, 0.1) is 10.1 Å². The lowest BCUT2D eigenvalue weighted by Gasteiger charge is -2.30. The number of primary amides is 2. The average molecular weight is 468 g/mol. The molecule has 0 saturated carbocycles. The lowest BCUT2D eigenvalue weighted by atomic mass is 9.96. The Morgan fingerprint density at radius 3 is 2.09 bits per heavy atom. The van der Waals surface area contributed by atoms with Gasteiger partial charge in [0, 0.05) is 18.6 Å². The third-order valence-electron chi connectivity index (χ3n) is 5.53. The predicted molar refractivity (Wildman–Crippen MR) is 124 cm³/mol. The number of non-ortho nitro benzene ring substituents is 1. The third-order valence-corrected chi connectivity index (χ3v) is 8.18. The van der Waals surface area contributed by atoms with Gasteiger partial charge >= 0.3 is 0 Å². The van der Waals surface area contributed by atoms with Crippen molar-refractivity contribution in [1.29, 1.82) is 0 Å². The van der Waals surface area contributed by atoms with Crippen LogP contribution in [0.25, 0.3) is 10.8 Å². The van der Waals surface area contributed by atoms with Crippen molar-refractivity contribution < 1.29 is 22.9 Å². The topological polar surface area (TPSA) is 163 Å². The van der Waals surface area contributed by atoms with Gasteiger partial charge in [-0.1, -0.05) is 54.6 Å². The van der Waals surface area contributed by atoms with Gasteiger partial charge in [0.05, 0.1) is 4.92 Å². The van der Waals surface area contributed by atoms with Crippen LogP contribution in [-0.4, -0.2) is 29.9 Å². The number of hydrogen-bond acceptors (Lipinski definition) is 6. The lowest BCUT2D eigenvalue weighted by molar-refractivity contribution is -0.384. The molecule has 0 saturated heterocycles. The van der Waals surface area contributed by atoms with Crippen molar-refractivity contribution in [2.75, 3.05) is 0 Å². The molecule has 170 valence electrons. The molecular weight excluding hydrogens is 446 g/mol. The standard InChI is InChI=1S/C23H21N3O6S/c1-2-20(18-10-9-16-5-3-4-6-17(16)13-18)33(31,32)23(21(24)27,22(25)28)14-15-7-11-19(12-8-15)26(29)30/h2-13,20H,1,14H2,(H2,24,27)(H2,25,28). The molecule has 4 N–H and O–H groups in total. The van der Waals surface area contributed by atoms with Gasteiger partial charge in [-0.2, -0.15) is 0 Å². The fraction of sp³-hybridized carbons (Fsp3) is 0.130. The van der Waals surface area contributed by atoms with E-state index >= 15 is 0 Å². The molecule has 3 aromatic rings. The minimum atomic E-state index is -4.72. The Morgan fingerprint density at radius 2 is 1.58 bits per heavy atom. The van der Waals surface area contributed by atoms with Crippen LogP contribution >= 0.6 is 0 Å². The molecule has 0 aliphatic carbocycles. The van der Waals surface area contributed by atoms with E-state index in [0.29, 0.717) is 0 Å². The van der Waals surface area contributed by atoms with E-state index in [1.807, 2.05) is 12.1 Å². The maximum atomic E-state index is 13.8. The van der Waals surface area contributed by atoms with Gasteiger partial charge in [-0.15, -0.1) is 6.58 Å². The summed E-state index contributed by atoms with van der Waals surface area (Å²) in [6.07, 6.45) is 0.422. The normalized spacial score (nSPS) is 12.7. The number of carbonyl (C=O) groups excluding carboxylic acids is 2. The Bertz CT molecular complexity index is 1350. The predicted octanol–water partition coefficient (Wildman–Crippen LogP) is 2.34. The molecular formula is C23H21N3O6S. The minimum Gasteiger partial charge on any atom is -0.368 e. The van der Waals surface area contributed by atoms with E-state index in [0.717, 1.165) is 29.0 Å². The summed E-state index contributed by atoms with van der Waals surface area (Å²) in [5.74, 6) is -2.89. The first-order chi connectivity index (χ1) is 15.5. The number of sulfone groups is 1. The molecule has 9 nitrogen and oxygen atoms in total. The van der Waals surface area contributed by atoms with Crippen LogP contribution in [0.5, 0.6) is 0 Å². The van der Waals surface area contributed by atoms with E-state index in [9.17, 15) is 28.1 Å². The van der Waals surface area contributed by atoms with Gasteiger partial charge in [0.1, 0.15) is 5.25 Å². The van der Waals surface area contributed by atoms with Crippen molar-refractivity contribution in [1.82, 2.24) is 0 Å². The molecule has 10 heteroatoms. The van der Waals surface area contributed by atoms with E-state index < -0.39 is 43.0 Å². The number of nitrogens with two attached hydrogens (primary N) is 2. The van der Waals surface area contributed by atoms with Crippen LogP contribution in [-0.2, 0) is 25.8 Å². The number of benzene rings is 3. The van der Waals surface area contributed by atoms with Crippen molar-refractivity contribution >= 4 is 38.1 Å². The Labute approximate surface area is 189 Å². The first kappa shape index (κ1) is 23.6. The second-order valence-corrected chi connectivity index (χ2v) is 9.76. The number of rotatable bonds is 9. The summed E-state index contributed by atoms with van der Waals surface area (Å²) < 4.78 is 24.8. The summed E-state index contributed by atoms with van der Waals surface area (Å²) >= 11 is 0. The van der Waals surface area contributed by atoms with Crippen LogP contribution < -0.4 is 11.5 Å². The molecule has 0 radical (unpaired) electrons. The molecule has 0 heterocycles. The Kier molecular flexibility index (Phi) is 6.32. The lowest BCUT2D eigenvalue weighted by Crippen LogP contribution is -2.61. The average Bonchev–Trinajstić information content (AvgIpc) is 2.77. The third kappa shape index (κ3) is 4.08. The first-order valence-corrected chi connectivity index (χ1v) is 11.3. The molecule has 3 rings (SSSR count). The van der Waals surface area contributed by atoms with Crippen LogP contribution in [0.3, 0.4) is 0 Å².